The van der Waals surface area contributed by atoms with Crippen LogP contribution in [0.2, 0.25) is 0 Å². The van der Waals surface area contributed by atoms with Crippen molar-refractivity contribution in [1.82, 2.24) is 19.9 Å². The smallest absolute Gasteiger partial charge is 0.229 e. The molecule has 0 saturated carbocycles. The summed E-state index contributed by atoms with van der Waals surface area (Å²) in [5.74, 6) is 0.543. The highest BCUT2D eigenvalue weighted by molar-refractivity contribution is 7.18. The maximum absolute atomic E-state index is 4.70. The van der Waals surface area contributed by atoms with E-state index in [0.29, 0.717) is 5.95 Å². The molecule has 4 aromatic rings. The highest BCUT2D eigenvalue weighted by Gasteiger charge is 2.13. The van der Waals surface area contributed by atoms with Gasteiger partial charge in [0, 0.05) is 17.1 Å². The van der Waals surface area contributed by atoms with Crippen LogP contribution in [-0.2, 0) is 0 Å². The number of nitrogens with zero attached hydrogens (tertiary/aromatic N) is 4. The fourth-order valence-electron chi connectivity index (χ4n) is 2.39. The van der Waals surface area contributed by atoms with Crippen molar-refractivity contribution >= 4 is 33.8 Å². The van der Waals surface area contributed by atoms with E-state index in [-0.39, 0.29) is 0 Å². The molecule has 1 N–H and O–H groups in total. The third kappa shape index (κ3) is 3.42. The first kappa shape index (κ1) is 15.9. The highest BCUT2D eigenvalue weighted by Crippen LogP contribution is 2.34. The molecule has 0 radical (unpaired) electrons. The summed E-state index contributed by atoms with van der Waals surface area (Å²) in [4.78, 5) is 19.1. The van der Waals surface area contributed by atoms with E-state index in [1.165, 1.54) is 11.3 Å². The van der Waals surface area contributed by atoms with Crippen LogP contribution in [0.1, 0.15) is 11.4 Å². The van der Waals surface area contributed by atoms with E-state index in [4.69, 9.17) is 4.98 Å². The third-order valence-electron chi connectivity index (χ3n) is 3.54. The van der Waals surface area contributed by atoms with Crippen LogP contribution in [0.4, 0.5) is 11.1 Å². The van der Waals surface area contributed by atoms with Gasteiger partial charge in [-0.2, -0.15) is 0 Å². The molecule has 0 atom stereocenters. The number of nitrogens with one attached hydrogen (secondary N) is 1. The molecular formula is C18H15N5S2. The lowest BCUT2D eigenvalue weighted by atomic mass is 10.2. The number of anilines is 2. The van der Waals surface area contributed by atoms with Crippen LogP contribution in [0.3, 0.4) is 0 Å². The van der Waals surface area contributed by atoms with Crippen molar-refractivity contribution < 1.29 is 0 Å². The molecule has 0 aliphatic carbocycles. The Morgan fingerprint density at radius 3 is 2.56 bits per heavy atom. The minimum absolute atomic E-state index is 0.543. The quantitative estimate of drug-likeness (QED) is 0.546. The standard InChI is InChI=1S/C18H15N5S2/c1-11-10-24-18(20-11)23-17-19-9-8-14(22-17)15-12(2)21-16(25-15)13-6-4-3-5-7-13/h3-10H,1-2H3,(H,19,20,22,23). The predicted molar refractivity (Wildman–Crippen MR) is 103 cm³/mol. The van der Waals surface area contributed by atoms with E-state index in [1.54, 1.807) is 17.5 Å². The molecule has 0 fully saturated rings. The second-order valence-electron chi connectivity index (χ2n) is 5.48. The largest absolute Gasteiger partial charge is 0.300 e. The number of rotatable bonds is 4. The fourth-order valence-corrected chi connectivity index (χ4v) is 4.11. The summed E-state index contributed by atoms with van der Waals surface area (Å²) >= 11 is 3.18. The molecule has 1 aromatic carbocycles. The first-order valence-corrected chi connectivity index (χ1v) is 9.44. The van der Waals surface area contributed by atoms with Crippen molar-refractivity contribution in [3.8, 4) is 21.1 Å². The molecule has 3 heterocycles. The molecule has 0 aliphatic heterocycles. The van der Waals surface area contributed by atoms with E-state index in [0.717, 1.165) is 37.7 Å². The lowest BCUT2D eigenvalue weighted by Crippen LogP contribution is -1.97. The molecule has 7 heteroatoms. The van der Waals surface area contributed by atoms with Crippen LogP contribution < -0.4 is 5.32 Å². The first-order chi connectivity index (χ1) is 12.2. The number of benzene rings is 1. The van der Waals surface area contributed by atoms with Crippen LogP contribution in [-0.4, -0.2) is 19.9 Å². The maximum Gasteiger partial charge on any atom is 0.229 e. The van der Waals surface area contributed by atoms with Gasteiger partial charge in [-0.1, -0.05) is 30.3 Å². The van der Waals surface area contributed by atoms with E-state index in [9.17, 15) is 0 Å². The topological polar surface area (TPSA) is 63.6 Å². The molecule has 0 amide bonds. The molecule has 4 rings (SSSR count). The molecule has 25 heavy (non-hydrogen) atoms. The maximum atomic E-state index is 4.70. The summed E-state index contributed by atoms with van der Waals surface area (Å²) in [6.07, 6.45) is 1.76. The van der Waals surface area contributed by atoms with Crippen molar-refractivity contribution in [2.75, 3.05) is 5.32 Å². The predicted octanol–water partition coefficient (Wildman–Crippen LogP) is 5.08. The Labute approximate surface area is 153 Å². The Hall–Kier alpha value is -2.64. The molecule has 3 aromatic heterocycles. The molecule has 0 spiro atoms. The zero-order valence-corrected chi connectivity index (χ0v) is 15.4. The molecule has 0 bridgehead atoms. The zero-order valence-electron chi connectivity index (χ0n) is 13.7. The van der Waals surface area contributed by atoms with Gasteiger partial charge in [0.05, 0.1) is 22.0 Å². The number of thiazole rings is 2. The summed E-state index contributed by atoms with van der Waals surface area (Å²) in [6.45, 7) is 3.97. The Kier molecular flexibility index (Phi) is 4.25. The van der Waals surface area contributed by atoms with Crippen LogP contribution in [0, 0.1) is 13.8 Å². The zero-order chi connectivity index (χ0) is 17.2. The van der Waals surface area contributed by atoms with Gasteiger partial charge < -0.3 is 5.32 Å². The molecule has 0 saturated heterocycles. The number of aromatic nitrogens is 4. The Morgan fingerprint density at radius 1 is 0.960 bits per heavy atom. The Morgan fingerprint density at radius 2 is 1.80 bits per heavy atom. The van der Waals surface area contributed by atoms with Gasteiger partial charge >= 0.3 is 0 Å². The van der Waals surface area contributed by atoms with Gasteiger partial charge in [0.15, 0.2) is 5.13 Å². The van der Waals surface area contributed by atoms with Gasteiger partial charge in [0.25, 0.3) is 0 Å². The van der Waals surface area contributed by atoms with Crippen molar-refractivity contribution in [1.29, 1.82) is 0 Å². The summed E-state index contributed by atoms with van der Waals surface area (Å²) in [6, 6.07) is 12.1. The van der Waals surface area contributed by atoms with Gasteiger partial charge in [-0.15, -0.1) is 22.7 Å². The molecule has 124 valence electrons. The van der Waals surface area contributed by atoms with Gasteiger partial charge in [0.1, 0.15) is 5.01 Å². The number of aryl methyl sites for hydroxylation is 2. The summed E-state index contributed by atoms with van der Waals surface area (Å²) in [7, 11) is 0. The van der Waals surface area contributed by atoms with Gasteiger partial charge in [-0.3, -0.25) is 0 Å². The molecule has 5 nitrogen and oxygen atoms in total. The molecular weight excluding hydrogens is 350 g/mol. The summed E-state index contributed by atoms with van der Waals surface area (Å²) in [5.41, 5.74) is 3.93. The average molecular weight is 365 g/mol. The second kappa shape index (κ2) is 6.70. The SMILES string of the molecule is Cc1csc(Nc2nccc(-c3sc(-c4ccccc4)nc3C)n2)n1. The lowest BCUT2D eigenvalue weighted by Gasteiger charge is -2.03. The van der Waals surface area contributed by atoms with E-state index < -0.39 is 0 Å². The van der Waals surface area contributed by atoms with Crippen LogP contribution in [0.15, 0.2) is 48.0 Å². The minimum Gasteiger partial charge on any atom is -0.300 e. The molecule has 0 aliphatic rings. The monoisotopic (exact) mass is 365 g/mol. The van der Waals surface area contributed by atoms with E-state index in [1.807, 2.05) is 43.5 Å². The first-order valence-electron chi connectivity index (χ1n) is 7.74. The fraction of sp³-hybridized carbons (Fsp3) is 0.111. The second-order valence-corrected chi connectivity index (χ2v) is 7.34. The number of hydrogen-bond acceptors (Lipinski definition) is 7. The van der Waals surface area contributed by atoms with Gasteiger partial charge in [-0.25, -0.2) is 19.9 Å². The third-order valence-corrected chi connectivity index (χ3v) is 5.65. The van der Waals surface area contributed by atoms with Crippen LogP contribution >= 0.6 is 22.7 Å². The summed E-state index contributed by atoms with van der Waals surface area (Å²) < 4.78 is 0. The van der Waals surface area contributed by atoms with E-state index >= 15 is 0 Å². The van der Waals surface area contributed by atoms with Crippen LogP contribution in [0.5, 0.6) is 0 Å². The van der Waals surface area contributed by atoms with Crippen molar-refractivity contribution in [3.05, 3.63) is 59.4 Å². The highest BCUT2D eigenvalue weighted by atomic mass is 32.1. The van der Waals surface area contributed by atoms with Crippen molar-refractivity contribution in [2.24, 2.45) is 0 Å². The van der Waals surface area contributed by atoms with Gasteiger partial charge in [0.2, 0.25) is 5.95 Å². The minimum atomic E-state index is 0.543. The number of hydrogen-bond donors (Lipinski definition) is 1. The van der Waals surface area contributed by atoms with E-state index in [2.05, 4.69) is 32.4 Å². The van der Waals surface area contributed by atoms with Crippen molar-refractivity contribution in [3.63, 3.8) is 0 Å². The normalized spacial score (nSPS) is 10.8. The lowest BCUT2D eigenvalue weighted by molar-refractivity contribution is 1.15. The Balaban J connectivity index is 1.66. The van der Waals surface area contributed by atoms with Gasteiger partial charge in [-0.05, 0) is 19.9 Å². The van der Waals surface area contributed by atoms with Crippen LogP contribution in [0.25, 0.3) is 21.1 Å². The molecule has 0 unspecified atom stereocenters. The average Bonchev–Trinajstić information content (AvgIpc) is 3.21. The Bertz CT molecular complexity index is 1010. The van der Waals surface area contributed by atoms with Crippen molar-refractivity contribution in [2.45, 2.75) is 13.8 Å². The summed E-state index contributed by atoms with van der Waals surface area (Å²) in [5, 5.41) is 6.94.